The molecule has 5 rings (SSSR count). The van der Waals surface area contributed by atoms with Crippen molar-refractivity contribution in [2.24, 2.45) is 0 Å². The van der Waals surface area contributed by atoms with Gasteiger partial charge in [0.1, 0.15) is 11.4 Å². The van der Waals surface area contributed by atoms with Crippen molar-refractivity contribution in [1.82, 2.24) is 19.2 Å². The third-order valence-corrected chi connectivity index (χ3v) is 5.09. The summed E-state index contributed by atoms with van der Waals surface area (Å²) in [6.07, 6.45) is 4.76. The monoisotopic (exact) mass is 430 g/mol. The maximum Gasteiger partial charge on any atom is 0.345 e. The van der Waals surface area contributed by atoms with Crippen molar-refractivity contribution in [3.05, 3.63) is 102 Å². The molecule has 8 nitrogen and oxygen atoms in total. The SMILES string of the molecule is O=C(OCN1C(=O)c2ccccc2C1=O)c1cnn(-c2ccc(F)cc2)c1-n1cccc1. The van der Waals surface area contributed by atoms with Crippen LogP contribution in [-0.2, 0) is 4.74 Å². The molecule has 0 saturated carbocycles. The van der Waals surface area contributed by atoms with Gasteiger partial charge >= 0.3 is 5.97 Å². The number of benzene rings is 2. The Balaban J connectivity index is 1.43. The van der Waals surface area contributed by atoms with Gasteiger partial charge in [-0.2, -0.15) is 5.10 Å². The fourth-order valence-electron chi connectivity index (χ4n) is 3.54. The zero-order valence-corrected chi connectivity index (χ0v) is 16.5. The van der Waals surface area contributed by atoms with Gasteiger partial charge in [-0.15, -0.1) is 0 Å². The average Bonchev–Trinajstić information content (AvgIpc) is 3.53. The number of nitrogens with zero attached hydrogens (tertiary/aromatic N) is 4. The van der Waals surface area contributed by atoms with Gasteiger partial charge in [0.2, 0.25) is 0 Å². The highest BCUT2D eigenvalue weighted by molar-refractivity contribution is 6.21. The van der Waals surface area contributed by atoms with Gasteiger partial charge in [0, 0.05) is 12.4 Å². The van der Waals surface area contributed by atoms with Gasteiger partial charge in [0.25, 0.3) is 11.8 Å². The largest absolute Gasteiger partial charge is 0.440 e. The van der Waals surface area contributed by atoms with Crippen LogP contribution in [0.3, 0.4) is 0 Å². The lowest BCUT2D eigenvalue weighted by Gasteiger charge is -2.14. The van der Waals surface area contributed by atoms with Gasteiger partial charge in [-0.1, -0.05) is 12.1 Å². The van der Waals surface area contributed by atoms with Crippen LogP contribution in [0.4, 0.5) is 4.39 Å². The summed E-state index contributed by atoms with van der Waals surface area (Å²) in [5, 5.41) is 4.26. The van der Waals surface area contributed by atoms with E-state index in [4.69, 9.17) is 4.74 Å². The summed E-state index contributed by atoms with van der Waals surface area (Å²) in [5.74, 6) is -1.84. The van der Waals surface area contributed by atoms with Gasteiger partial charge in [-0.3, -0.25) is 9.59 Å². The minimum atomic E-state index is -0.765. The predicted octanol–water partition coefficient (Wildman–Crippen LogP) is 3.21. The second kappa shape index (κ2) is 7.62. The first-order valence-electron chi connectivity index (χ1n) is 9.64. The van der Waals surface area contributed by atoms with Crippen molar-refractivity contribution in [3.63, 3.8) is 0 Å². The van der Waals surface area contributed by atoms with Crippen LogP contribution in [0, 0.1) is 5.82 Å². The fraction of sp³-hybridized carbons (Fsp3) is 0.0435. The number of halogens is 1. The molecule has 1 aliphatic heterocycles. The summed E-state index contributed by atoms with van der Waals surface area (Å²) in [6, 6.07) is 15.6. The number of amides is 2. The smallest absolute Gasteiger partial charge is 0.345 e. The minimum absolute atomic E-state index is 0.113. The highest BCUT2D eigenvalue weighted by Crippen LogP contribution is 2.24. The molecule has 0 saturated heterocycles. The van der Waals surface area contributed by atoms with Gasteiger partial charge in [0.15, 0.2) is 12.5 Å². The Kier molecular flexibility index (Phi) is 4.63. The molecule has 0 unspecified atom stereocenters. The molecule has 0 spiro atoms. The number of fused-ring (bicyclic) bond motifs is 1. The molecule has 0 atom stereocenters. The fourth-order valence-corrected chi connectivity index (χ4v) is 3.54. The summed E-state index contributed by atoms with van der Waals surface area (Å²) < 4.78 is 21.8. The summed E-state index contributed by atoms with van der Waals surface area (Å²) in [7, 11) is 0. The van der Waals surface area contributed by atoms with Crippen molar-refractivity contribution in [2.75, 3.05) is 6.73 Å². The number of rotatable bonds is 5. The highest BCUT2D eigenvalue weighted by Gasteiger charge is 2.36. The second-order valence-corrected chi connectivity index (χ2v) is 7.01. The third-order valence-electron chi connectivity index (χ3n) is 5.09. The summed E-state index contributed by atoms with van der Waals surface area (Å²) >= 11 is 0. The summed E-state index contributed by atoms with van der Waals surface area (Å²) in [4.78, 5) is 38.8. The topological polar surface area (TPSA) is 86.4 Å². The van der Waals surface area contributed by atoms with E-state index < -0.39 is 30.3 Å². The molecule has 2 aromatic carbocycles. The molecular formula is C23H15FN4O4. The normalized spacial score (nSPS) is 12.8. The van der Waals surface area contributed by atoms with Crippen molar-refractivity contribution in [3.8, 4) is 11.5 Å². The van der Waals surface area contributed by atoms with Crippen LogP contribution in [-0.4, -0.2) is 43.8 Å². The molecule has 0 fully saturated rings. The van der Waals surface area contributed by atoms with Crippen LogP contribution in [0.2, 0.25) is 0 Å². The minimum Gasteiger partial charge on any atom is -0.440 e. The highest BCUT2D eigenvalue weighted by atomic mass is 19.1. The van der Waals surface area contributed by atoms with Gasteiger partial charge < -0.3 is 9.30 Å². The Morgan fingerprint density at radius 1 is 0.906 bits per heavy atom. The van der Waals surface area contributed by atoms with Crippen LogP contribution in [0.25, 0.3) is 11.5 Å². The second-order valence-electron chi connectivity index (χ2n) is 7.01. The van der Waals surface area contributed by atoms with Crippen LogP contribution in [0.5, 0.6) is 0 Å². The van der Waals surface area contributed by atoms with E-state index in [9.17, 15) is 18.8 Å². The lowest BCUT2D eigenvalue weighted by molar-refractivity contribution is 0.0228. The zero-order valence-electron chi connectivity index (χ0n) is 16.5. The Bertz CT molecular complexity index is 1310. The van der Waals surface area contributed by atoms with Crippen LogP contribution < -0.4 is 0 Å². The van der Waals surface area contributed by atoms with E-state index >= 15 is 0 Å². The first-order chi connectivity index (χ1) is 15.5. The number of carbonyl (C=O) groups is 3. The zero-order chi connectivity index (χ0) is 22.2. The third kappa shape index (κ3) is 3.16. The van der Waals surface area contributed by atoms with Crippen LogP contribution >= 0.6 is 0 Å². The maximum absolute atomic E-state index is 13.4. The first kappa shape index (κ1) is 19.4. The Hall–Kier alpha value is -4.53. The average molecular weight is 430 g/mol. The molecule has 4 aromatic rings. The quantitative estimate of drug-likeness (QED) is 0.359. The van der Waals surface area contributed by atoms with Crippen LogP contribution in [0.15, 0.2) is 79.3 Å². The number of ether oxygens (including phenoxy) is 1. The number of aromatic nitrogens is 3. The van der Waals surface area contributed by atoms with Gasteiger partial charge in [-0.05, 0) is 48.5 Å². The first-order valence-corrected chi connectivity index (χ1v) is 9.64. The summed E-state index contributed by atoms with van der Waals surface area (Å²) in [5.41, 5.74) is 1.19. The Labute approximate surface area is 181 Å². The Morgan fingerprint density at radius 3 is 2.16 bits per heavy atom. The van der Waals surface area contributed by atoms with Gasteiger partial charge in [-0.25, -0.2) is 18.8 Å². The van der Waals surface area contributed by atoms with Crippen molar-refractivity contribution >= 4 is 17.8 Å². The van der Waals surface area contributed by atoms with Crippen molar-refractivity contribution in [1.29, 1.82) is 0 Å². The van der Waals surface area contributed by atoms with Gasteiger partial charge in [0.05, 0.1) is 23.0 Å². The molecule has 0 N–H and O–H groups in total. The van der Waals surface area contributed by atoms with E-state index in [1.54, 1.807) is 53.4 Å². The van der Waals surface area contributed by atoms with E-state index in [-0.39, 0.29) is 16.7 Å². The van der Waals surface area contributed by atoms with E-state index in [2.05, 4.69) is 5.10 Å². The molecule has 158 valence electrons. The molecule has 32 heavy (non-hydrogen) atoms. The predicted molar refractivity (Wildman–Crippen MR) is 110 cm³/mol. The summed E-state index contributed by atoms with van der Waals surface area (Å²) in [6.45, 7) is -0.530. The molecule has 1 aliphatic rings. The van der Waals surface area contributed by atoms with Crippen molar-refractivity contribution < 1.29 is 23.5 Å². The van der Waals surface area contributed by atoms with E-state index in [1.807, 2.05) is 0 Å². The lowest BCUT2D eigenvalue weighted by atomic mass is 10.1. The molecule has 2 aromatic heterocycles. The Morgan fingerprint density at radius 2 is 1.53 bits per heavy atom. The van der Waals surface area contributed by atoms with Crippen LogP contribution in [0.1, 0.15) is 31.1 Å². The van der Waals surface area contributed by atoms with E-state index in [0.717, 1.165) is 4.90 Å². The molecule has 9 heteroatoms. The molecule has 0 bridgehead atoms. The molecule has 2 amide bonds. The molecule has 0 radical (unpaired) electrons. The number of esters is 1. The van der Waals surface area contributed by atoms with E-state index in [1.165, 1.54) is 35.1 Å². The number of hydrogen-bond acceptors (Lipinski definition) is 5. The molecule has 3 heterocycles. The molecule has 0 aliphatic carbocycles. The number of carbonyl (C=O) groups excluding carboxylic acids is 3. The maximum atomic E-state index is 13.4. The molecular weight excluding hydrogens is 415 g/mol. The van der Waals surface area contributed by atoms with Crippen molar-refractivity contribution in [2.45, 2.75) is 0 Å². The van der Waals surface area contributed by atoms with E-state index in [0.29, 0.717) is 11.5 Å². The lowest BCUT2D eigenvalue weighted by Crippen LogP contribution is -2.33. The standard InChI is InChI=1S/C23H15FN4O4/c24-15-7-9-16(10-8-15)28-20(26-11-3-4-12-26)19(13-25-28)23(31)32-14-27-21(29)17-5-1-2-6-18(17)22(27)30/h1-13H,14H2. The number of imide groups is 1. The number of hydrogen-bond donors (Lipinski definition) is 0.